The maximum Gasteiger partial charge on any atom is 0.0594 e. The van der Waals surface area contributed by atoms with Crippen molar-refractivity contribution in [1.82, 2.24) is 0 Å². The Labute approximate surface area is 198 Å². The molecule has 8 atom stereocenters. The van der Waals surface area contributed by atoms with E-state index in [1.54, 1.807) is 0 Å². The van der Waals surface area contributed by atoms with Crippen molar-refractivity contribution >= 4 is 0 Å². The van der Waals surface area contributed by atoms with Crippen molar-refractivity contribution < 1.29 is 5.11 Å². The van der Waals surface area contributed by atoms with E-state index in [0.717, 1.165) is 18.9 Å². The van der Waals surface area contributed by atoms with Crippen LogP contribution in [0.3, 0.4) is 0 Å². The Kier molecular flexibility index (Phi) is 5.02. The van der Waals surface area contributed by atoms with Crippen LogP contribution in [0, 0.1) is 50.2 Å². The first-order valence-corrected chi connectivity index (χ1v) is 13.8. The monoisotopic (exact) mass is 441 g/mol. The number of fused-ring (bicyclic) bond motifs is 7. The van der Waals surface area contributed by atoms with Gasteiger partial charge in [0, 0.05) is 0 Å². The number of nitrogens with two attached hydrogens (primary N) is 1. The van der Waals surface area contributed by atoms with Gasteiger partial charge in [-0.05, 0) is 121 Å². The number of aliphatic hydroxyl groups is 1. The van der Waals surface area contributed by atoms with Crippen molar-refractivity contribution in [2.45, 2.75) is 119 Å². The molecule has 0 aromatic carbocycles. The molecule has 0 radical (unpaired) electrons. The molecule has 5 rings (SSSR count). The molecule has 4 saturated carbocycles. The molecule has 4 fully saturated rings. The minimum Gasteiger partial charge on any atom is -0.393 e. The minimum atomic E-state index is -0.139. The van der Waals surface area contributed by atoms with E-state index in [1.807, 2.05) is 5.57 Å². The summed E-state index contributed by atoms with van der Waals surface area (Å²) < 4.78 is 0. The van der Waals surface area contributed by atoms with Crippen molar-refractivity contribution in [3.63, 3.8) is 0 Å². The summed E-state index contributed by atoms with van der Waals surface area (Å²) in [5.41, 5.74) is 10.2. The van der Waals surface area contributed by atoms with Crippen LogP contribution in [0.4, 0.5) is 0 Å². The van der Waals surface area contributed by atoms with E-state index < -0.39 is 0 Å². The Hall–Kier alpha value is -0.340. The molecule has 3 N–H and O–H groups in total. The lowest BCUT2D eigenvalue weighted by Gasteiger charge is -2.71. The lowest BCUT2D eigenvalue weighted by Crippen LogP contribution is -2.65. The van der Waals surface area contributed by atoms with Gasteiger partial charge in [-0.25, -0.2) is 0 Å². The van der Waals surface area contributed by atoms with E-state index in [1.165, 1.54) is 57.8 Å². The highest BCUT2D eigenvalue weighted by atomic mass is 16.3. The number of hydrogen-bond donors (Lipinski definition) is 2. The molecular formula is C30H51NO. The molecule has 32 heavy (non-hydrogen) atoms. The van der Waals surface area contributed by atoms with Crippen LogP contribution in [-0.2, 0) is 0 Å². The zero-order valence-corrected chi connectivity index (χ0v) is 22.2. The van der Waals surface area contributed by atoms with Crippen LogP contribution in [0.25, 0.3) is 0 Å². The third-order valence-corrected chi connectivity index (χ3v) is 13.2. The molecule has 2 heteroatoms. The van der Waals surface area contributed by atoms with Gasteiger partial charge in [-0.1, -0.05) is 60.1 Å². The van der Waals surface area contributed by atoms with Gasteiger partial charge >= 0.3 is 0 Å². The number of allylic oxidation sites excluding steroid dienone is 2. The Bertz CT molecular complexity index is 812. The molecule has 0 amide bonds. The summed E-state index contributed by atoms with van der Waals surface area (Å²) in [4.78, 5) is 0. The van der Waals surface area contributed by atoms with Gasteiger partial charge < -0.3 is 10.8 Å². The fraction of sp³-hybridized carbons (Fsp3) is 0.933. The summed E-state index contributed by atoms with van der Waals surface area (Å²) in [7, 11) is 0. The highest BCUT2D eigenvalue weighted by Crippen LogP contribution is 2.75. The first kappa shape index (κ1) is 23.4. The van der Waals surface area contributed by atoms with Crippen molar-refractivity contribution in [1.29, 1.82) is 0 Å². The van der Waals surface area contributed by atoms with Crippen molar-refractivity contribution in [3.05, 3.63) is 11.6 Å². The van der Waals surface area contributed by atoms with Crippen molar-refractivity contribution in [3.8, 4) is 0 Å². The van der Waals surface area contributed by atoms with Crippen molar-refractivity contribution in [2.75, 3.05) is 6.54 Å². The average molecular weight is 442 g/mol. The van der Waals surface area contributed by atoms with Crippen LogP contribution in [0.5, 0.6) is 0 Å². The summed E-state index contributed by atoms with van der Waals surface area (Å²) in [5.74, 6) is 2.05. The summed E-state index contributed by atoms with van der Waals surface area (Å²) in [6.07, 6.45) is 15.3. The normalized spacial score (nSPS) is 53.8. The van der Waals surface area contributed by atoms with E-state index in [0.29, 0.717) is 38.9 Å². The Morgan fingerprint density at radius 1 is 0.875 bits per heavy atom. The van der Waals surface area contributed by atoms with Gasteiger partial charge in [0.15, 0.2) is 0 Å². The standard InChI is InChI=1S/C30H51NO/c1-25(2)14-16-30(19-31)17-15-28(6)20(21(30)18-25)8-9-23-27(5)12-11-24(32)26(3,4)22(27)10-13-29(23,28)7/h8,21-24,32H,9-19,31H2,1-7H3. The molecule has 0 heterocycles. The van der Waals surface area contributed by atoms with Gasteiger partial charge in [0.2, 0.25) is 0 Å². The predicted molar refractivity (Wildman–Crippen MR) is 134 cm³/mol. The predicted octanol–water partition coefficient (Wildman–Crippen LogP) is 7.11. The fourth-order valence-corrected chi connectivity index (χ4v) is 10.7. The molecule has 0 saturated heterocycles. The second-order valence-corrected chi connectivity index (χ2v) is 15.2. The zero-order valence-electron chi connectivity index (χ0n) is 22.2. The van der Waals surface area contributed by atoms with E-state index >= 15 is 0 Å². The Morgan fingerprint density at radius 3 is 2.25 bits per heavy atom. The first-order chi connectivity index (χ1) is 14.8. The summed E-state index contributed by atoms with van der Waals surface area (Å²) in [6.45, 7) is 18.5. The zero-order chi connectivity index (χ0) is 23.4. The summed E-state index contributed by atoms with van der Waals surface area (Å²) in [5, 5.41) is 10.9. The first-order valence-electron chi connectivity index (χ1n) is 13.8. The third-order valence-electron chi connectivity index (χ3n) is 13.2. The van der Waals surface area contributed by atoms with E-state index in [9.17, 15) is 5.11 Å². The molecule has 0 spiro atoms. The lowest BCUT2D eigenvalue weighted by atomic mass is 9.33. The van der Waals surface area contributed by atoms with Gasteiger partial charge in [0.05, 0.1) is 6.10 Å². The summed E-state index contributed by atoms with van der Waals surface area (Å²) in [6, 6.07) is 0. The lowest BCUT2D eigenvalue weighted by molar-refractivity contribution is -0.203. The molecule has 2 nitrogen and oxygen atoms in total. The quantitative estimate of drug-likeness (QED) is 0.426. The van der Waals surface area contributed by atoms with Crippen LogP contribution in [0.15, 0.2) is 11.6 Å². The van der Waals surface area contributed by atoms with Crippen LogP contribution in [0.2, 0.25) is 0 Å². The van der Waals surface area contributed by atoms with Gasteiger partial charge in [0.1, 0.15) is 0 Å². The molecule has 0 aliphatic heterocycles. The second kappa shape index (κ2) is 6.87. The Morgan fingerprint density at radius 2 is 1.56 bits per heavy atom. The fourth-order valence-electron chi connectivity index (χ4n) is 10.7. The van der Waals surface area contributed by atoms with Gasteiger partial charge in [-0.15, -0.1) is 0 Å². The van der Waals surface area contributed by atoms with Crippen molar-refractivity contribution in [2.24, 2.45) is 56.0 Å². The highest BCUT2D eigenvalue weighted by molar-refractivity contribution is 5.34. The minimum absolute atomic E-state index is 0.0356. The van der Waals surface area contributed by atoms with Gasteiger partial charge in [-0.3, -0.25) is 0 Å². The number of rotatable bonds is 1. The second-order valence-electron chi connectivity index (χ2n) is 15.2. The molecule has 8 unspecified atom stereocenters. The van der Waals surface area contributed by atoms with E-state index in [-0.39, 0.29) is 11.5 Å². The molecule has 0 aromatic heterocycles. The highest BCUT2D eigenvalue weighted by Gasteiger charge is 2.68. The van der Waals surface area contributed by atoms with Gasteiger partial charge in [0.25, 0.3) is 0 Å². The molecule has 5 aliphatic carbocycles. The van der Waals surface area contributed by atoms with Crippen LogP contribution in [0.1, 0.15) is 113 Å². The van der Waals surface area contributed by atoms with Gasteiger partial charge in [-0.2, -0.15) is 0 Å². The SMILES string of the molecule is CC1(C)CCC2(CN)CCC3(C)C(=CCC4C5(C)CCC(O)C(C)(C)C5CCC43C)C2C1. The smallest absolute Gasteiger partial charge is 0.0594 e. The third kappa shape index (κ3) is 2.78. The Balaban J connectivity index is 1.58. The van der Waals surface area contributed by atoms with E-state index in [4.69, 9.17) is 5.73 Å². The maximum absolute atomic E-state index is 10.9. The molecule has 0 aromatic rings. The maximum atomic E-state index is 10.9. The summed E-state index contributed by atoms with van der Waals surface area (Å²) >= 11 is 0. The van der Waals surface area contributed by atoms with Crippen LogP contribution in [-0.4, -0.2) is 17.8 Å². The van der Waals surface area contributed by atoms with E-state index in [2.05, 4.69) is 54.5 Å². The molecular weight excluding hydrogens is 390 g/mol. The number of hydrogen-bond acceptors (Lipinski definition) is 2. The molecule has 182 valence electrons. The van der Waals surface area contributed by atoms with Crippen LogP contribution < -0.4 is 5.73 Å². The topological polar surface area (TPSA) is 46.2 Å². The largest absolute Gasteiger partial charge is 0.393 e. The molecule has 5 aliphatic rings. The molecule has 0 bridgehead atoms. The average Bonchev–Trinajstić information content (AvgIpc) is 2.71. The number of aliphatic hydroxyl groups excluding tert-OH is 1. The van der Waals surface area contributed by atoms with Crippen LogP contribution >= 0.6 is 0 Å².